The number of nitrogens with one attached hydrogen (secondary N) is 1. The van der Waals surface area contributed by atoms with Crippen molar-refractivity contribution < 1.29 is 14.6 Å². The molecule has 0 spiro atoms. The van der Waals surface area contributed by atoms with Crippen molar-refractivity contribution >= 4 is 6.09 Å². The maximum absolute atomic E-state index is 11.6. The Labute approximate surface area is 122 Å². The molecule has 0 aromatic carbocycles. The standard InChI is InChI=1S/C15H30N2O3/c1-4-7-8-17-10-12(14(18)5-2)9-13(11-17)16-15(19)20-6-3/h12-14,18H,4-11H2,1-3H3,(H,16,19). The van der Waals surface area contributed by atoms with Crippen LogP contribution in [0.25, 0.3) is 0 Å². The predicted octanol–water partition coefficient (Wildman–Crippen LogP) is 1.99. The van der Waals surface area contributed by atoms with Crippen LogP contribution in [0.4, 0.5) is 4.79 Å². The van der Waals surface area contributed by atoms with Crippen LogP contribution >= 0.6 is 0 Å². The zero-order chi connectivity index (χ0) is 15.0. The van der Waals surface area contributed by atoms with Crippen LogP contribution < -0.4 is 5.32 Å². The third-order valence-corrected chi connectivity index (χ3v) is 3.95. The quantitative estimate of drug-likeness (QED) is 0.751. The summed E-state index contributed by atoms with van der Waals surface area (Å²) in [7, 11) is 0. The summed E-state index contributed by atoms with van der Waals surface area (Å²) in [5, 5.41) is 13.0. The van der Waals surface area contributed by atoms with Gasteiger partial charge in [-0.15, -0.1) is 0 Å². The molecule has 1 aliphatic heterocycles. The van der Waals surface area contributed by atoms with Gasteiger partial charge in [-0.05, 0) is 38.6 Å². The molecule has 1 heterocycles. The van der Waals surface area contributed by atoms with E-state index in [0.717, 1.165) is 45.3 Å². The van der Waals surface area contributed by atoms with Crippen LogP contribution in [0.5, 0.6) is 0 Å². The SMILES string of the molecule is CCCCN1CC(NC(=O)OCC)CC(C(O)CC)C1. The topological polar surface area (TPSA) is 61.8 Å². The summed E-state index contributed by atoms with van der Waals surface area (Å²) in [4.78, 5) is 13.9. The lowest BCUT2D eigenvalue weighted by Crippen LogP contribution is -2.53. The summed E-state index contributed by atoms with van der Waals surface area (Å²) in [6.07, 6.45) is 3.27. The molecule has 3 unspecified atom stereocenters. The molecule has 0 aromatic heterocycles. The summed E-state index contributed by atoms with van der Waals surface area (Å²) in [6.45, 7) is 9.18. The first kappa shape index (κ1) is 17.2. The molecule has 3 atom stereocenters. The molecule has 1 saturated heterocycles. The summed E-state index contributed by atoms with van der Waals surface area (Å²) in [6, 6.07) is 0.0749. The molecule has 1 aliphatic rings. The monoisotopic (exact) mass is 286 g/mol. The van der Waals surface area contributed by atoms with Crippen molar-refractivity contribution in [3.8, 4) is 0 Å². The molecule has 0 aliphatic carbocycles. The van der Waals surface area contributed by atoms with Crippen molar-refractivity contribution in [3.05, 3.63) is 0 Å². The van der Waals surface area contributed by atoms with Gasteiger partial charge in [0.15, 0.2) is 0 Å². The van der Waals surface area contributed by atoms with Gasteiger partial charge in [-0.1, -0.05) is 20.3 Å². The number of hydrogen-bond acceptors (Lipinski definition) is 4. The predicted molar refractivity (Wildman–Crippen MR) is 79.7 cm³/mol. The Bertz CT molecular complexity index is 286. The van der Waals surface area contributed by atoms with Gasteiger partial charge >= 0.3 is 6.09 Å². The first-order valence-corrected chi connectivity index (χ1v) is 7.94. The van der Waals surface area contributed by atoms with Crippen molar-refractivity contribution in [2.24, 2.45) is 5.92 Å². The third-order valence-electron chi connectivity index (χ3n) is 3.95. The van der Waals surface area contributed by atoms with E-state index in [1.54, 1.807) is 6.92 Å². The van der Waals surface area contributed by atoms with Crippen molar-refractivity contribution in [1.82, 2.24) is 10.2 Å². The van der Waals surface area contributed by atoms with Gasteiger partial charge in [-0.2, -0.15) is 0 Å². The van der Waals surface area contributed by atoms with E-state index in [9.17, 15) is 9.90 Å². The number of aliphatic hydroxyl groups is 1. The summed E-state index contributed by atoms with van der Waals surface area (Å²) >= 11 is 0. The second-order valence-electron chi connectivity index (χ2n) is 5.65. The van der Waals surface area contributed by atoms with E-state index in [4.69, 9.17) is 4.74 Å². The minimum atomic E-state index is -0.348. The average Bonchev–Trinajstić information content (AvgIpc) is 2.44. The van der Waals surface area contributed by atoms with E-state index < -0.39 is 0 Å². The minimum Gasteiger partial charge on any atom is -0.450 e. The van der Waals surface area contributed by atoms with Crippen molar-refractivity contribution in [2.75, 3.05) is 26.2 Å². The molecule has 0 aromatic rings. The molecule has 0 bridgehead atoms. The van der Waals surface area contributed by atoms with Crippen LogP contribution in [0.1, 0.15) is 46.5 Å². The Morgan fingerprint density at radius 2 is 2.15 bits per heavy atom. The van der Waals surface area contributed by atoms with Crippen LogP contribution in [0.2, 0.25) is 0 Å². The highest BCUT2D eigenvalue weighted by atomic mass is 16.5. The Morgan fingerprint density at radius 3 is 2.75 bits per heavy atom. The van der Waals surface area contributed by atoms with Crippen LogP contribution in [0.3, 0.4) is 0 Å². The number of carbonyl (C=O) groups excluding carboxylic acids is 1. The van der Waals surface area contributed by atoms with Gasteiger partial charge in [0, 0.05) is 19.1 Å². The number of likely N-dealkylation sites (tertiary alicyclic amines) is 1. The molecule has 1 amide bonds. The van der Waals surface area contributed by atoms with Gasteiger partial charge in [0.05, 0.1) is 12.7 Å². The van der Waals surface area contributed by atoms with Crippen LogP contribution in [0, 0.1) is 5.92 Å². The largest absolute Gasteiger partial charge is 0.450 e. The number of amides is 1. The van der Waals surface area contributed by atoms with Crippen LogP contribution in [-0.4, -0.2) is 54.5 Å². The molecule has 118 valence electrons. The Kier molecular flexibility index (Phi) is 7.92. The summed E-state index contributed by atoms with van der Waals surface area (Å²) in [5.41, 5.74) is 0. The van der Waals surface area contributed by atoms with Gasteiger partial charge in [0.25, 0.3) is 0 Å². The van der Waals surface area contributed by atoms with Crippen molar-refractivity contribution in [1.29, 1.82) is 0 Å². The normalized spacial score (nSPS) is 25.2. The van der Waals surface area contributed by atoms with Gasteiger partial charge in [0.2, 0.25) is 0 Å². The van der Waals surface area contributed by atoms with Crippen LogP contribution in [-0.2, 0) is 4.74 Å². The first-order chi connectivity index (χ1) is 9.60. The van der Waals surface area contributed by atoms with Gasteiger partial charge in [0.1, 0.15) is 0 Å². The van der Waals surface area contributed by atoms with Crippen molar-refractivity contribution in [3.63, 3.8) is 0 Å². The van der Waals surface area contributed by atoms with Crippen molar-refractivity contribution in [2.45, 2.75) is 58.6 Å². The van der Waals surface area contributed by atoms with E-state index in [2.05, 4.69) is 17.1 Å². The van der Waals surface area contributed by atoms with E-state index >= 15 is 0 Å². The molecular formula is C15H30N2O3. The molecule has 1 rings (SSSR count). The van der Waals surface area contributed by atoms with Gasteiger partial charge in [-0.25, -0.2) is 4.79 Å². The zero-order valence-electron chi connectivity index (χ0n) is 13.1. The van der Waals surface area contributed by atoms with E-state index in [1.807, 2.05) is 6.92 Å². The number of aliphatic hydroxyl groups excluding tert-OH is 1. The molecule has 1 fully saturated rings. The van der Waals surface area contributed by atoms with E-state index in [-0.39, 0.29) is 24.2 Å². The highest BCUT2D eigenvalue weighted by Crippen LogP contribution is 2.22. The number of alkyl carbamates (subject to hydrolysis) is 1. The molecule has 0 saturated carbocycles. The molecule has 5 nitrogen and oxygen atoms in total. The third kappa shape index (κ3) is 5.67. The number of unbranched alkanes of at least 4 members (excludes halogenated alkanes) is 1. The number of hydrogen-bond donors (Lipinski definition) is 2. The number of carbonyl (C=O) groups is 1. The fourth-order valence-corrected chi connectivity index (χ4v) is 2.85. The molecule has 0 radical (unpaired) electrons. The lowest BCUT2D eigenvalue weighted by Gasteiger charge is -2.39. The number of rotatable bonds is 7. The van der Waals surface area contributed by atoms with Gasteiger partial charge in [-0.3, -0.25) is 0 Å². The Balaban J connectivity index is 2.56. The fraction of sp³-hybridized carbons (Fsp3) is 0.933. The van der Waals surface area contributed by atoms with E-state index in [1.165, 1.54) is 0 Å². The van der Waals surface area contributed by atoms with E-state index in [0.29, 0.717) is 6.61 Å². The number of piperidine rings is 1. The smallest absolute Gasteiger partial charge is 0.407 e. The Morgan fingerprint density at radius 1 is 1.40 bits per heavy atom. The lowest BCUT2D eigenvalue weighted by atomic mass is 9.88. The number of ether oxygens (including phenoxy) is 1. The highest BCUT2D eigenvalue weighted by Gasteiger charge is 2.31. The zero-order valence-corrected chi connectivity index (χ0v) is 13.1. The summed E-state index contributed by atoms with van der Waals surface area (Å²) in [5.74, 6) is 0.234. The molecule has 5 heteroatoms. The second-order valence-corrected chi connectivity index (χ2v) is 5.65. The maximum atomic E-state index is 11.6. The lowest BCUT2D eigenvalue weighted by molar-refractivity contribution is 0.0341. The molecular weight excluding hydrogens is 256 g/mol. The Hall–Kier alpha value is -0.810. The minimum absolute atomic E-state index is 0.0749. The molecule has 2 N–H and O–H groups in total. The highest BCUT2D eigenvalue weighted by molar-refractivity contribution is 5.67. The van der Waals surface area contributed by atoms with Crippen LogP contribution in [0.15, 0.2) is 0 Å². The fourth-order valence-electron chi connectivity index (χ4n) is 2.85. The molecule has 20 heavy (non-hydrogen) atoms. The first-order valence-electron chi connectivity index (χ1n) is 7.94. The van der Waals surface area contributed by atoms with Gasteiger partial charge < -0.3 is 20.1 Å². The second kappa shape index (κ2) is 9.19. The number of nitrogens with zero attached hydrogens (tertiary/aromatic N) is 1. The summed E-state index contributed by atoms with van der Waals surface area (Å²) < 4.78 is 4.95. The average molecular weight is 286 g/mol. The maximum Gasteiger partial charge on any atom is 0.407 e.